The summed E-state index contributed by atoms with van der Waals surface area (Å²) in [5.74, 6) is 0.733. The van der Waals surface area contributed by atoms with Gasteiger partial charge in [0.15, 0.2) is 9.84 Å². The highest BCUT2D eigenvalue weighted by Crippen LogP contribution is 2.26. The Morgan fingerprint density at radius 3 is 2.60 bits per heavy atom. The van der Waals surface area contributed by atoms with Crippen LogP contribution in [0.4, 0.5) is 0 Å². The van der Waals surface area contributed by atoms with Crippen LogP contribution in [0.5, 0.6) is 11.5 Å². The number of sulfone groups is 1. The maximum Gasteiger partial charge on any atom is 0.225 e. The number of hydrogen-bond donors (Lipinski definition) is 1. The molecule has 2 aromatic rings. The van der Waals surface area contributed by atoms with Gasteiger partial charge in [-0.05, 0) is 36.2 Å². The van der Waals surface area contributed by atoms with E-state index in [9.17, 15) is 18.0 Å². The fourth-order valence-electron chi connectivity index (χ4n) is 3.96. The van der Waals surface area contributed by atoms with Crippen LogP contribution >= 0.6 is 0 Å². The average Bonchev–Trinajstić information content (AvgIpc) is 3.29. The van der Waals surface area contributed by atoms with Crippen LogP contribution in [0.1, 0.15) is 18.4 Å². The number of ether oxygens (including phenoxy) is 1. The number of para-hydroxylation sites is 1. The van der Waals surface area contributed by atoms with E-state index >= 15 is 0 Å². The fourth-order valence-corrected chi connectivity index (χ4v) is 5.69. The number of rotatable bonds is 6. The van der Waals surface area contributed by atoms with E-state index in [1.165, 1.54) is 0 Å². The van der Waals surface area contributed by atoms with Crippen LogP contribution in [0.15, 0.2) is 54.6 Å². The number of carbonyl (C=O) groups is 2. The Bertz CT molecular complexity index is 1040. The minimum absolute atomic E-state index is 0.00128. The van der Waals surface area contributed by atoms with Crippen LogP contribution in [-0.2, 0) is 26.0 Å². The van der Waals surface area contributed by atoms with Crippen LogP contribution in [0, 0.1) is 5.92 Å². The molecule has 0 radical (unpaired) electrons. The lowest BCUT2D eigenvalue weighted by molar-refractivity contribution is -0.130. The van der Waals surface area contributed by atoms with E-state index in [0.717, 1.165) is 11.3 Å². The second kappa shape index (κ2) is 8.47. The molecule has 0 unspecified atom stereocenters. The highest BCUT2D eigenvalue weighted by Gasteiger charge is 2.41. The second-order valence-electron chi connectivity index (χ2n) is 7.78. The molecule has 4 rings (SSSR count). The molecule has 2 amide bonds. The van der Waals surface area contributed by atoms with E-state index in [-0.39, 0.29) is 42.3 Å². The molecule has 7 nitrogen and oxygen atoms in total. The van der Waals surface area contributed by atoms with Crippen molar-refractivity contribution in [2.75, 3.05) is 18.1 Å². The normalized spacial score (nSPS) is 22.8. The number of amides is 2. The molecule has 0 aromatic heterocycles. The first-order chi connectivity index (χ1) is 14.4. The molecule has 1 N–H and O–H groups in total. The topological polar surface area (TPSA) is 92.8 Å². The lowest BCUT2D eigenvalue weighted by atomic mass is 10.1. The van der Waals surface area contributed by atoms with Crippen molar-refractivity contribution in [3.63, 3.8) is 0 Å². The van der Waals surface area contributed by atoms with Crippen molar-refractivity contribution < 1.29 is 22.7 Å². The molecule has 0 bridgehead atoms. The van der Waals surface area contributed by atoms with Gasteiger partial charge in [-0.25, -0.2) is 8.42 Å². The van der Waals surface area contributed by atoms with Crippen LogP contribution < -0.4 is 10.1 Å². The SMILES string of the molecule is O=C(NCc1cccc(Oc2ccccc2)c1)[C@H]1CC(=O)N([C@@H]2CCS(=O)(=O)C2)C1. The molecule has 2 heterocycles. The number of likely N-dealkylation sites (tertiary alicyclic amines) is 1. The van der Waals surface area contributed by atoms with E-state index in [2.05, 4.69) is 5.32 Å². The van der Waals surface area contributed by atoms with E-state index in [1.54, 1.807) is 4.90 Å². The largest absolute Gasteiger partial charge is 0.457 e. The summed E-state index contributed by atoms with van der Waals surface area (Å²) in [5.41, 5.74) is 0.889. The van der Waals surface area contributed by atoms with E-state index in [1.807, 2.05) is 54.6 Å². The zero-order valence-corrected chi connectivity index (χ0v) is 17.3. The van der Waals surface area contributed by atoms with Crippen LogP contribution in [0.2, 0.25) is 0 Å². The summed E-state index contributed by atoms with van der Waals surface area (Å²) in [6.45, 7) is 0.606. The van der Waals surface area contributed by atoms with Crippen molar-refractivity contribution in [1.29, 1.82) is 0 Å². The van der Waals surface area contributed by atoms with E-state index in [4.69, 9.17) is 4.74 Å². The maximum absolute atomic E-state index is 12.6. The Kier molecular flexibility index (Phi) is 5.76. The van der Waals surface area contributed by atoms with Crippen LogP contribution in [0.25, 0.3) is 0 Å². The van der Waals surface area contributed by atoms with Gasteiger partial charge in [-0.15, -0.1) is 0 Å². The van der Waals surface area contributed by atoms with Gasteiger partial charge in [-0.3, -0.25) is 9.59 Å². The van der Waals surface area contributed by atoms with Gasteiger partial charge in [0, 0.05) is 25.6 Å². The van der Waals surface area contributed by atoms with Gasteiger partial charge >= 0.3 is 0 Å². The smallest absolute Gasteiger partial charge is 0.225 e. The lowest BCUT2D eigenvalue weighted by Crippen LogP contribution is -2.39. The second-order valence-corrected chi connectivity index (χ2v) is 10.0. The van der Waals surface area contributed by atoms with E-state index < -0.39 is 15.8 Å². The third kappa shape index (κ3) is 4.81. The minimum atomic E-state index is -3.07. The molecule has 2 aromatic carbocycles. The standard InChI is InChI=1S/C22H24N2O5S/c25-21-12-17(14-24(21)18-9-10-30(27,28)15-18)22(26)23-13-16-5-4-8-20(11-16)29-19-6-2-1-3-7-19/h1-8,11,17-18H,9-10,12-15H2,(H,23,26)/t17-,18+/m0/s1. The first kappa shape index (κ1) is 20.4. The molecular weight excluding hydrogens is 404 g/mol. The molecule has 158 valence electrons. The Morgan fingerprint density at radius 1 is 1.10 bits per heavy atom. The summed E-state index contributed by atoms with van der Waals surface area (Å²) in [4.78, 5) is 26.5. The minimum Gasteiger partial charge on any atom is -0.457 e. The quantitative estimate of drug-likeness (QED) is 0.761. The Labute approximate surface area is 175 Å². The van der Waals surface area contributed by atoms with Gasteiger partial charge in [-0.2, -0.15) is 0 Å². The van der Waals surface area contributed by atoms with Crippen LogP contribution in [0.3, 0.4) is 0 Å². The molecule has 2 fully saturated rings. The van der Waals surface area contributed by atoms with Crippen molar-refractivity contribution >= 4 is 21.7 Å². The number of carbonyl (C=O) groups excluding carboxylic acids is 2. The first-order valence-corrected chi connectivity index (χ1v) is 11.8. The zero-order valence-electron chi connectivity index (χ0n) is 16.5. The first-order valence-electron chi connectivity index (χ1n) is 9.99. The molecule has 0 spiro atoms. The van der Waals surface area contributed by atoms with Crippen LogP contribution in [-0.4, -0.2) is 49.2 Å². The third-order valence-electron chi connectivity index (χ3n) is 5.52. The van der Waals surface area contributed by atoms with Crippen molar-refractivity contribution in [3.05, 3.63) is 60.2 Å². The predicted octanol–water partition coefficient (Wildman–Crippen LogP) is 2.13. The number of hydrogen-bond acceptors (Lipinski definition) is 5. The van der Waals surface area contributed by atoms with Gasteiger partial charge in [-0.1, -0.05) is 30.3 Å². The monoisotopic (exact) mass is 428 g/mol. The fraction of sp³-hybridized carbons (Fsp3) is 0.364. The molecule has 2 atom stereocenters. The summed E-state index contributed by atoms with van der Waals surface area (Å²) in [7, 11) is -3.07. The number of nitrogens with one attached hydrogen (secondary N) is 1. The van der Waals surface area contributed by atoms with Crippen molar-refractivity contribution in [2.24, 2.45) is 5.92 Å². The number of nitrogens with zero attached hydrogens (tertiary/aromatic N) is 1. The van der Waals surface area contributed by atoms with Gasteiger partial charge in [0.2, 0.25) is 11.8 Å². The molecule has 8 heteroatoms. The highest BCUT2D eigenvalue weighted by atomic mass is 32.2. The van der Waals surface area contributed by atoms with Gasteiger partial charge in [0.1, 0.15) is 11.5 Å². The molecule has 2 saturated heterocycles. The molecule has 2 aliphatic heterocycles. The van der Waals surface area contributed by atoms with Gasteiger partial charge in [0.05, 0.1) is 17.4 Å². The molecule has 0 aliphatic carbocycles. The summed E-state index contributed by atoms with van der Waals surface area (Å²) < 4.78 is 29.2. The average molecular weight is 429 g/mol. The molecule has 0 saturated carbocycles. The Balaban J connectivity index is 1.32. The van der Waals surface area contributed by atoms with Gasteiger partial charge in [0.25, 0.3) is 0 Å². The Morgan fingerprint density at radius 2 is 1.87 bits per heavy atom. The molecule has 2 aliphatic rings. The third-order valence-corrected chi connectivity index (χ3v) is 7.27. The van der Waals surface area contributed by atoms with Crippen molar-refractivity contribution in [3.8, 4) is 11.5 Å². The Hall–Kier alpha value is -2.87. The van der Waals surface area contributed by atoms with E-state index in [0.29, 0.717) is 18.7 Å². The zero-order chi connectivity index (χ0) is 21.1. The lowest BCUT2D eigenvalue weighted by Gasteiger charge is -2.22. The summed E-state index contributed by atoms with van der Waals surface area (Å²) in [5, 5.41) is 2.89. The van der Waals surface area contributed by atoms with Gasteiger partial charge < -0.3 is 15.0 Å². The van der Waals surface area contributed by atoms with Crippen molar-refractivity contribution in [1.82, 2.24) is 10.2 Å². The predicted molar refractivity (Wildman–Crippen MR) is 112 cm³/mol. The van der Waals surface area contributed by atoms with Crippen molar-refractivity contribution in [2.45, 2.75) is 25.4 Å². The number of benzene rings is 2. The summed E-state index contributed by atoms with van der Waals surface area (Å²) in [6, 6.07) is 16.6. The maximum atomic E-state index is 12.6. The summed E-state index contributed by atoms with van der Waals surface area (Å²) in [6.07, 6.45) is 0.580. The summed E-state index contributed by atoms with van der Waals surface area (Å²) >= 11 is 0. The molecule has 30 heavy (non-hydrogen) atoms. The molecular formula is C22H24N2O5S. The highest BCUT2D eigenvalue weighted by molar-refractivity contribution is 7.91.